The van der Waals surface area contributed by atoms with Crippen LogP contribution in [0.2, 0.25) is 0 Å². The number of methoxy groups -OCH3 is 1. The molecule has 3 nitrogen and oxygen atoms in total. The number of rotatable bonds is 5. The van der Waals surface area contributed by atoms with E-state index < -0.39 is 17.6 Å². The van der Waals surface area contributed by atoms with Crippen molar-refractivity contribution in [3.63, 3.8) is 0 Å². The molecule has 0 spiro atoms. The molecule has 4 heteroatoms. The fourth-order valence-corrected chi connectivity index (χ4v) is 2.22. The van der Waals surface area contributed by atoms with Crippen LogP contribution < -0.4 is 0 Å². The monoisotopic (exact) mass is 312 g/mol. The first-order valence-electron chi connectivity index (χ1n) is 7.14. The first kappa shape index (κ1) is 16.6. The summed E-state index contributed by atoms with van der Waals surface area (Å²) < 4.78 is 18.1. The van der Waals surface area contributed by atoms with Gasteiger partial charge in [0.2, 0.25) is 0 Å². The van der Waals surface area contributed by atoms with Gasteiger partial charge < -0.3 is 4.74 Å². The Labute approximate surface area is 134 Å². The largest absolute Gasteiger partial charge is 0.469 e. The van der Waals surface area contributed by atoms with Crippen molar-refractivity contribution in [3.8, 4) is 0 Å². The summed E-state index contributed by atoms with van der Waals surface area (Å²) in [5.74, 6) is -1.45. The highest BCUT2D eigenvalue weighted by molar-refractivity contribution is 6.08. The number of ketones is 1. The van der Waals surface area contributed by atoms with Gasteiger partial charge in [-0.15, -0.1) is 0 Å². The number of hydrogen-bond acceptors (Lipinski definition) is 3. The summed E-state index contributed by atoms with van der Waals surface area (Å²) in [5, 5.41) is 0. The van der Waals surface area contributed by atoms with Gasteiger partial charge in [0.15, 0.2) is 5.78 Å². The van der Waals surface area contributed by atoms with E-state index in [9.17, 15) is 14.0 Å². The van der Waals surface area contributed by atoms with Crippen LogP contribution in [-0.4, -0.2) is 18.9 Å². The van der Waals surface area contributed by atoms with Crippen LogP contribution in [0.15, 0.2) is 48.5 Å². The Morgan fingerprint density at radius 3 is 2.48 bits per heavy atom. The number of halogens is 1. The van der Waals surface area contributed by atoms with Crippen molar-refractivity contribution in [3.05, 3.63) is 71.0 Å². The molecule has 2 rings (SSSR count). The van der Waals surface area contributed by atoms with Crippen LogP contribution in [0, 0.1) is 5.82 Å². The van der Waals surface area contributed by atoms with Crippen LogP contribution in [0.25, 0.3) is 11.6 Å². The zero-order valence-electron chi connectivity index (χ0n) is 13.0. The molecule has 2 aromatic rings. The van der Waals surface area contributed by atoms with Gasteiger partial charge in [0.25, 0.3) is 0 Å². The van der Waals surface area contributed by atoms with Crippen LogP contribution in [-0.2, 0) is 9.53 Å². The number of Topliss-reactive ketones (excluding diaryl/α,β-unsaturated/α-hetero) is 1. The number of carbonyl (C=O) groups excluding carboxylic acids is 2. The highest BCUT2D eigenvalue weighted by atomic mass is 19.1. The molecule has 0 saturated carbocycles. The third-order valence-electron chi connectivity index (χ3n) is 3.45. The lowest BCUT2D eigenvalue weighted by Crippen LogP contribution is -2.11. The minimum Gasteiger partial charge on any atom is -0.469 e. The van der Waals surface area contributed by atoms with Crippen molar-refractivity contribution < 1.29 is 18.7 Å². The lowest BCUT2D eigenvalue weighted by Gasteiger charge is -2.07. The minimum absolute atomic E-state index is 0.298. The number of carbonyl (C=O) groups is 2. The Hall–Kier alpha value is -2.75. The third kappa shape index (κ3) is 4.36. The van der Waals surface area contributed by atoms with Gasteiger partial charge in [0, 0.05) is 5.56 Å². The van der Waals surface area contributed by atoms with Crippen LogP contribution >= 0.6 is 0 Å². The van der Waals surface area contributed by atoms with Crippen molar-refractivity contribution >= 4 is 23.4 Å². The summed E-state index contributed by atoms with van der Waals surface area (Å²) in [7, 11) is 1.22. The molecular weight excluding hydrogens is 295 g/mol. The summed E-state index contributed by atoms with van der Waals surface area (Å²) in [6.45, 7) is 1.88. The smallest absolute Gasteiger partial charge is 0.313 e. The average Bonchev–Trinajstić information content (AvgIpc) is 2.55. The molecule has 0 aromatic heterocycles. The highest BCUT2D eigenvalue weighted by Crippen LogP contribution is 2.22. The van der Waals surface area contributed by atoms with Crippen LogP contribution in [0.3, 0.4) is 0 Å². The Balaban J connectivity index is 2.40. The van der Waals surface area contributed by atoms with E-state index in [4.69, 9.17) is 0 Å². The standard InChI is InChI=1S/C19H17FO3/c1-13(14-6-4-3-5-7-14)10-15-11-16(20)8-9-17(15)18(21)12-19(22)23-2/h3-11H,12H2,1-2H3/b13-10+. The molecular formula is C19H17FO3. The molecule has 0 unspecified atom stereocenters. The van der Waals surface area contributed by atoms with Gasteiger partial charge in [-0.1, -0.05) is 36.4 Å². The normalized spacial score (nSPS) is 11.2. The van der Waals surface area contributed by atoms with Gasteiger partial charge in [-0.05, 0) is 41.8 Å². The fourth-order valence-electron chi connectivity index (χ4n) is 2.22. The molecule has 0 amide bonds. The molecule has 0 fully saturated rings. The zero-order chi connectivity index (χ0) is 16.8. The van der Waals surface area contributed by atoms with E-state index >= 15 is 0 Å². The topological polar surface area (TPSA) is 43.4 Å². The SMILES string of the molecule is COC(=O)CC(=O)c1ccc(F)cc1/C=C(\C)c1ccccc1. The Kier molecular flexibility index (Phi) is 5.41. The molecule has 0 bridgehead atoms. The Bertz CT molecular complexity index is 748. The predicted octanol–water partition coefficient (Wildman–Crippen LogP) is 4.13. The van der Waals surface area contributed by atoms with Gasteiger partial charge in [0.05, 0.1) is 7.11 Å². The second kappa shape index (κ2) is 7.49. The first-order valence-corrected chi connectivity index (χ1v) is 7.14. The van der Waals surface area contributed by atoms with E-state index in [1.807, 2.05) is 37.3 Å². The van der Waals surface area contributed by atoms with E-state index in [1.54, 1.807) is 6.08 Å². The first-order chi connectivity index (χ1) is 11.0. The lowest BCUT2D eigenvalue weighted by atomic mass is 9.97. The maximum atomic E-state index is 13.6. The van der Waals surface area contributed by atoms with Gasteiger partial charge >= 0.3 is 5.97 Å². The minimum atomic E-state index is -0.617. The summed E-state index contributed by atoms with van der Waals surface area (Å²) in [5.41, 5.74) is 2.61. The van der Waals surface area contributed by atoms with Gasteiger partial charge in [-0.2, -0.15) is 0 Å². The van der Waals surface area contributed by atoms with Crippen molar-refractivity contribution in [1.29, 1.82) is 0 Å². The van der Waals surface area contributed by atoms with Crippen molar-refractivity contribution in [2.45, 2.75) is 13.3 Å². The molecule has 0 saturated heterocycles. The summed E-state index contributed by atoms with van der Waals surface area (Å²) >= 11 is 0. The molecule has 2 aromatic carbocycles. The maximum Gasteiger partial charge on any atom is 0.313 e. The lowest BCUT2D eigenvalue weighted by molar-refractivity contribution is -0.139. The maximum absolute atomic E-state index is 13.6. The Morgan fingerprint density at radius 2 is 1.83 bits per heavy atom. The van der Waals surface area contributed by atoms with E-state index in [0.29, 0.717) is 11.1 Å². The predicted molar refractivity (Wildman–Crippen MR) is 87.4 cm³/mol. The van der Waals surface area contributed by atoms with Crippen molar-refractivity contribution in [1.82, 2.24) is 0 Å². The number of benzene rings is 2. The van der Waals surface area contributed by atoms with Gasteiger partial charge in [0.1, 0.15) is 12.2 Å². The summed E-state index contributed by atoms with van der Waals surface area (Å²) in [6.07, 6.45) is 1.37. The van der Waals surface area contributed by atoms with E-state index in [2.05, 4.69) is 4.74 Å². The molecule has 0 aliphatic heterocycles. The van der Waals surface area contributed by atoms with Crippen molar-refractivity contribution in [2.75, 3.05) is 7.11 Å². The average molecular weight is 312 g/mol. The van der Waals surface area contributed by atoms with E-state index in [-0.39, 0.29) is 6.42 Å². The molecule has 118 valence electrons. The molecule has 0 N–H and O–H groups in total. The van der Waals surface area contributed by atoms with Crippen LogP contribution in [0.5, 0.6) is 0 Å². The number of esters is 1. The van der Waals surface area contributed by atoms with Crippen molar-refractivity contribution in [2.24, 2.45) is 0 Å². The zero-order valence-corrected chi connectivity index (χ0v) is 13.0. The second-order valence-corrected chi connectivity index (χ2v) is 5.10. The molecule has 0 radical (unpaired) electrons. The van der Waals surface area contributed by atoms with E-state index in [1.165, 1.54) is 25.3 Å². The molecule has 0 aliphatic carbocycles. The van der Waals surface area contributed by atoms with Crippen LogP contribution in [0.4, 0.5) is 4.39 Å². The molecule has 23 heavy (non-hydrogen) atoms. The fraction of sp³-hybridized carbons (Fsp3) is 0.158. The molecule has 0 heterocycles. The second-order valence-electron chi connectivity index (χ2n) is 5.10. The highest BCUT2D eigenvalue weighted by Gasteiger charge is 2.15. The third-order valence-corrected chi connectivity index (χ3v) is 3.45. The van der Waals surface area contributed by atoms with Gasteiger partial charge in [-0.3, -0.25) is 9.59 Å². The quantitative estimate of drug-likeness (QED) is 0.361. The van der Waals surface area contributed by atoms with Gasteiger partial charge in [-0.25, -0.2) is 4.39 Å². The Morgan fingerprint density at radius 1 is 1.13 bits per heavy atom. The van der Waals surface area contributed by atoms with Crippen LogP contribution in [0.1, 0.15) is 34.8 Å². The number of hydrogen-bond donors (Lipinski definition) is 0. The number of allylic oxidation sites excluding steroid dienone is 1. The molecule has 0 atom stereocenters. The molecule has 0 aliphatic rings. The summed E-state index contributed by atoms with van der Waals surface area (Å²) in [4.78, 5) is 23.5. The van der Waals surface area contributed by atoms with E-state index in [0.717, 1.165) is 11.1 Å². The number of ether oxygens (including phenoxy) is 1. The summed E-state index contributed by atoms with van der Waals surface area (Å²) in [6, 6.07) is 13.5.